The smallest absolute Gasteiger partial charge is 0.411 e. The molecule has 0 fully saturated rings. The fourth-order valence-electron chi connectivity index (χ4n) is 3.28. The summed E-state index contributed by atoms with van der Waals surface area (Å²) in [7, 11) is -4.86. The standard InChI is InChI=1S/C25H23Br2F2N2O3PS4/c1-15-30-19(13-38-15)11-36-9-17-3-5-23(21(26)7-17)33-35(32,25(28)29)34-24-6-4-18(8-22(24)27)10-37-12-20-14-39-16(2)31-20/h3-8,13-14,25H,9-12H2,1-2H3. The molecule has 4 aromatic rings. The first kappa shape index (κ1) is 31.0. The van der Waals surface area contributed by atoms with Crippen LogP contribution in [0.5, 0.6) is 11.5 Å². The quantitative estimate of drug-likeness (QED) is 0.126. The van der Waals surface area contributed by atoms with E-state index in [1.807, 2.05) is 24.6 Å². The lowest BCUT2D eigenvalue weighted by Gasteiger charge is -2.21. The van der Waals surface area contributed by atoms with Gasteiger partial charge in [0.15, 0.2) is 0 Å². The molecule has 0 N–H and O–H groups in total. The normalized spacial score (nSPS) is 11.8. The van der Waals surface area contributed by atoms with Crippen molar-refractivity contribution in [3.05, 3.63) is 88.6 Å². The second-order valence-electron chi connectivity index (χ2n) is 8.23. The molecule has 2 aromatic carbocycles. The van der Waals surface area contributed by atoms with Crippen LogP contribution in [-0.2, 0) is 27.6 Å². The highest BCUT2D eigenvalue weighted by atomic mass is 79.9. The second-order valence-corrected chi connectivity index (χ2v) is 15.9. The van der Waals surface area contributed by atoms with Gasteiger partial charge in [0.05, 0.1) is 30.3 Å². The highest BCUT2D eigenvalue weighted by Crippen LogP contribution is 2.56. The Balaban J connectivity index is 1.36. The monoisotopic (exact) mass is 754 g/mol. The van der Waals surface area contributed by atoms with Crippen molar-refractivity contribution in [2.45, 2.75) is 43.0 Å². The number of hydrogen-bond acceptors (Lipinski definition) is 9. The maximum Gasteiger partial charge on any atom is 0.497 e. The Morgan fingerprint density at radius 2 is 1.26 bits per heavy atom. The summed E-state index contributed by atoms with van der Waals surface area (Å²) in [5.41, 5.74) is 3.97. The van der Waals surface area contributed by atoms with Gasteiger partial charge in [-0.1, -0.05) is 12.1 Å². The lowest BCUT2D eigenvalue weighted by atomic mass is 10.2. The van der Waals surface area contributed by atoms with Crippen LogP contribution in [0.15, 0.2) is 56.1 Å². The van der Waals surface area contributed by atoms with Crippen LogP contribution in [0.1, 0.15) is 32.5 Å². The van der Waals surface area contributed by atoms with Crippen LogP contribution < -0.4 is 9.05 Å². The Kier molecular flexibility index (Phi) is 11.4. The lowest BCUT2D eigenvalue weighted by molar-refractivity contribution is 0.191. The third kappa shape index (κ3) is 9.02. The number of hydrogen-bond donors (Lipinski definition) is 0. The molecule has 0 atom stereocenters. The van der Waals surface area contributed by atoms with Crippen molar-refractivity contribution in [3.8, 4) is 11.5 Å². The molecule has 2 aromatic heterocycles. The zero-order chi connectivity index (χ0) is 28.0. The van der Waals surface area contributed by atoms with E-state index in [4.69, 9.17) is 9.05 Å². The Bertz CT molecular complexity index is 1370. The Hall–Kier alpha value is -0.950. The molecule has 5 nitrogen and oxygen atoms in total. The molecule has 0 radical (unpaired) electrons. The Morgan fingerprint density at radius 1 is 0.821 bits per heavy atom. The van der Waals surface area contributed by atoms with Gasteiger partial charge in [0.25, 0.3) is 0 Å². The van der Waals surface area contributed by atoms with E-state index in [0.717, 1.165) is 44.0 Å². The number of thioether (sulfide) groups is 2. The first-order valence-electron chi connectivity index (χ1n) is 11.4. The van der Waals surface area contributed by atoms with E-state index >= 15 is 0 Å². The van der Waals surface area contributed by atoms with Crippen molar-refractivity contribution in [1.29, 1.82) is 0 Å². The molecule has 0 aliphatic rings. The topological polar surface area (TPSA) is 61.3 Å². The summed E-state index contributed by atoms with van der Waals surface area (Å²) < 4.78 is 52.6. The average Bonchev–Trinajstić information content (AvgIpc) is 3.49. The minimum atomic E-state index is -4.86. The van der Waals surface area contributed by atoms with Gasteiger partial charge in [-0.05, 0) is 81.1 Å². The molecule has 39 heavy (non-hydrogen) atoms. The van der Waals surface area contributed by atoms with Crippen LogP contribution in [-0.4, -0.2) is 16.1 Å². The molecule has 4 rings (SSSR count). The van der Waals surface area contributed by atoms with Gasteiger partial charge in [-0.15, -0.1) is 22.7 Å². The number of thiazole rings is 2. The zero-order valence-electron chi connectivity index (χ0n) is 20.7. The van der Waals surface area contributed by atoms with Crippen LogP contribution in [0.4, 0.5) is 8.78 Å². The molecule has 0 saturated carbocycles. The van der Waals surface area contributed by atoms with Gasteiger partial charge < -0.3 is 9.05 Å². The number of aryl methyl sites for hydroxylation is 2. The summed E-state index contributed by atoms with van der Waals surface area (Å²) in [5.74, 6) is 2.96. The predicted octanol–water partition coefficient (Wildman–Crippen LogP) is 10.5. The molecule has 14 heteroatoms. The summed E-state index contributed by atoms with van der Waals surface area (Å²) in [6, 6.07) is 10.1. The Labute approximate surface area is 259 Å². The molecule has 0 amide bonds. The third-order valence-corrected chi connectivity index (χ3v) is 11.4. The van der Waals surface area contributed by atoms with E-state index in [1.165, 1.54) is 12.1 Å². The molecule has 0 spiro atoms. The number of rotatable bonds is 13. The maximum atomic E-state index is 14.0. The Morgan fingerprint density at radius 3 is 1.59 bits per heavy atom. The third-order valence-electron chi connectivity index (χ3n) is 5.05. The molecule has 0 bridgehead atoms. The second kappa shape index (κ2) is 14.3. The van der Waals surface area contributed by atoms with Crippen molar-refractivity contribution >= 4 is 85.7 Å². The summed E-state index contributed by atoms with van der Waals surface area (Å²) in [4.78, 5) is 8.89. The van der Waals surface area contributed by atoms with E-state index < -0.39 is 13.8 Å². The van der Waals surface area contributed by atoms with Crippen LogP contribution in [0, 0.1) is 13.8 Å². The van der Waals surface area contributed by atoms with Gasteiger partial charge in [-0.3, -0.25) is 0 Å². The van der Waals surface area contributed by atoms with Crippen molar-refractivity contribution < 1.29 is 22.4 Å². The average molecular weight is 757 g/mol. The fraction of sp³-hybridized carbons (Fsp3) is 0.280. The first-order chi connectivity index (χ1) is 18.6. The van der Waals surface area contributed by atoms with E-state index in [2.05, 4.69) is 41.8 Å². The van der Waals surface area contributed by atoms with E-state index in [1.54, 1.807) is 70.5 Å². The van der Waals surface area contributed by atoms with Crippen molar-refractivity contribution in [3.63, 3.8) is 0 Å². The summed E-state index contributed by atoms with van der Waals surface area (Å²) in [5, 5.41) is 6.12. The highest BCUT2D eigenvalue weighted by Gasteiger charge is 2.41. The van der Waals surface area contributed by atoms with Crippen molar-refractivity contribution in [2.24, 2.45) is 0 Å². The van der Waals surface area contributed by atoms with Crippen molar-refractivity contribution in [2.75, 3.05) is 0 Å². The molecule has 0 unspecified atom stereocenters. The van der Waals surface area contributed by atoms with Gasteiger partial charge in [0, 0.05) is 33.8 Å². The van der Waals surface area contributed by atoms with Crippen molar-refractivity contribution in [1.82, 2.24) is 9.97 Å². The zero-order valence-corrected chi connectivity index (χ0v) is 28.1. The molecule has 0 saturated heterocycles. The van der Waals surface area contributed by atoms with Gasteiger partial charge in [0.1, 0.15) is 11.5 Å². The number of nitrogens with zero attached hydrogens (tertiary/aromatic N) is 2. The minimum absolute atomic E-state index is 0.0175. The summed E-state index contributed by atoms with van der Waals surface area (Å²) >= 11 is 13.3. The lowest BCUT2D eigenvalue weighted by Crippen LogP contribution is -2.09. The van der Waals surface area contributed by atoms with Gasteiger partial charge in [-0.25, -0.2) is 14.5 Å². The van der Waals surface area contributed by atoms with Gasteiger partial charge >= 0.3 is 13.8 Å². The number of alkyl halides is 2. The van der Waals surface area contributed by atoms with E-state index in [9.17, 15) is 13.3 Å². The molecular formula is C25H23Br2F2N2O3PS4. The largest absolute Gasteiger partial charge is 0.497 e. The van der Waals surface area contributed by atoms with Gasteiger partial charge in [-0.2, -0.15) is 32.3 Å². The fourth-order valence-corrected chi connectivity index (χ4v) is 8.80. The molecule has 0 aliphatic heterocycles. The van der Waals surface area contributed by atoms with Crippen LogP contribution >= 0.6 is 85.7 Å². The highest BCUT2D eigenvalue weighted by molar-refractivity contribution is 9.11. The number of aromatic nitrogens is 2. The molecule has 0 aliphatic carbocycles. The van der Waals surface area contributed by atoms with Crippen LogP contribution in [0.2, 0.25) is 0 Å². The molecule has 2 heterocycles. The van der Waals surface area contributed by atoms with E-state index in [0.29, 0.717) is 20.5 Å². The number of halogens is 4. The molecular weight excluding hydrogens is 733 g/mol. The first-order valence-corrected chi connectivity index (χ1v) is 18.7. The summed E-state index contributed by atoms with van der Waals surface area (Å²) in [6.07, 6.45) is -3.34. The van der Waals surface area contributed by atoms with Crippen LogP contribution in [0.25, 0.3) is 0 Å². The predicted molar refractivity (Wildman–Crippen MR) is 167 cm³/mol. The van der Waals surface area contributed by atoms with E-state index in [-0.39, 0.29) is 11.5 Å². The van der Waals surface area contributed by atoms with Gasteiger partial charge in [0.2, 0.25) is 0 Å². The maximum absolute atomic E-state index is 14.0. The minimum Gasteiger partial charge on any atom is -0.411 e. The SMILES string of the molecule is Cc1nc(CSCc2ccc(OP(=O)(Oc3ccc(CSCc4csc(C)n4)cc3Br)C(F)F)c(Br)c2)cs1. The number of benzene rings is 2. The molecule has 208 valence electrons. The van der Waals surface area contributed by atoms with Crippen LogP contribution in [0.3, 0.4) is 0 Å². The summed E-state index contributed by atoms with van der Waals surface area (Å²) in [6.45, 7) is 3.94.